The van der Waals surface area contributed by atoms with Crippen LogP contribution in [0.25, 0.3) is 0 Å². The Kier molecular flexibility index (Phi) is 4.22. The SMILES string of the molecule is CCNCc1c(S(=O)(=O)NCC2CC2(C)C)n[nH]c1C. The van der Waals surface area contributed by atoms with Crippen LogP contribution in [0, 0.1) is 18.3 Å². The average Bonchev–Trinajstić information content (AvgIpc) is 2.79. The van der Waals surface area contributed by atoms with Gasteiger partial charge in [-0.1, -0.05) is 20.8 Å². The Hall–Kier alpha value is -0.920. The molecule has 114 valence electrons. The Labute approximate surface area is 120 Å². The van der Waals surface area contributed by atoms with Gasteiger partial charge in [-0.25, -0.2) is 13.1 Å². The summed E-state index contributed by atoms with van der Waals surface area (Å²) in [6, 6.07) is 0. The molecular weight excluding hydrogens is 276 g/mol. The number of nitrogens with zero attached hydrogens (tertiary/aromatic N) is 1. The summed E-state index contributed by atoms with van der Waals surface area (Å²) in [6.45, 7) is 9.90. The van der Waals surface area contributed by atoms with Crippen molar-refractivity contribution in [3.05, 3.63) is 11.3 Å². The zero-order valence-corrected chi connectivity index (χ0v) is 13.4. The second kappa shape index (κ2) is 5.46. The van der Waals surface area contributed by atoms with Crippen LogP contribution < -0.4 is 10.0 Å². The minimum atomic E-state index is -3.54. The molecule has 3 N–H and O–H groups in total. The highest BCUT2D eigenvalue weighted by Crippen LogP contribution is 2.51. The number of aromatic amines is 1. The summed E-state index contributed by atoms with van der Waals surface area (Å²) in [4.78, 5) is 0. The van der Waals surface area contributed by atoms with E-state index in [1.54, 1.807) is 0 Å². The van der Waals surface area contributed by atoms with Gasteiger partial charge >= 0.3 is 0 Å². The van der Waals surface area contributed by atoms with Crippen molar-refractivity contribution in [1.82, 2.24) is 20.2 Å². The molecule has 0 saturated heterocycles. The lowest BCUT2D eigenvalue weighted by Crippen LogP contribution is -2.28. The molecule has 1 aliphatic rings. The van der Waals surface area contributed by atoms with E-state index >= 15 is 0 Å². The van der Waals surface area contributed by atoms with E-state index in [9.17, 15) is 8.42 Å². The van der Waals surface area contributed by atoms with Crippen molar-refractivity contribution in [3.8, 4) is 0 Å². The van der Waals surface area contributed by atoms with E-state index in [4.69, 9.17) is 0 Å². The Morgan fingerprint density at radius 3 is 2.65 bits per heavy atom. The summed E-state index contributed by atoms with van der Waals surface area (Å²) >= 11 is 0. The summed E-state index contributed by atoms with van der Waals surface area (Å²) in [7, 11) is -3.54. The number of hydrogen-bond donors (Lipinski definition) is 3. The maximum atomic E-state index is 12.4. The van der Waals surface area contributed by atoms with Crippen molar-refractivity contribution in [1.29, 1.82) is 0 Å². The second-order valence-corrected chi connectivity index (χ2v) is 7.84. The van der Waals surface area contributed by atoms with Gasteiger partial charge in [-0.15, -0.1) is 0 Å². The Bertz CT molecular complexity index is 577. The first-order chi connectivity index (χ1) is 9.28. The fourth-order valence-corrected chi connectivity index (χ4v) is 3.59. The van der Waals surface area contributed by atoms with Gasteiger partial charge in [0.2, 0.25) is 0 Å². The van der Waals surface area contributed by atoms with E-state index in [1.165, 1.54) is 0 Å². The van der Waals surface area contributed by atoms with Gasteiger partial charge < -0.3 is 5.32 Å². The van der Waals surface area contributed by atoms with E-state index in [0.717, 1.165) is 24.2 Å². The fraction of sp³-hybridized carbons (Fsp3) is 0.769. The molecule has 0 bridgehead atoms. The Morgan fingerprint density at radius 2 is 2.10 bits per heavy atom. The third kappa shape index (κ3) is 3.21. The summed E-state index contributed by atoms with van der Waals surface area (Å²) in [5.41, 5.74) is 1.77. The third-order valence-corrected chi connectivity index (χ3v) is 5.47. The second-order valence-electron chi connectivity index (χ2n) is 6.15. The van der Waals surface area contributed by atoms with Gasteiger partial charge in [-0.05, 0) is 31.2 Å². The molecule has 1 aliphatic carbocycles. The van der Waals surface area contributed by atoms with Crippen LogP contribution in [0.3, 0.4) is 0 Å². The van der Waals surface area contributed by atoms with Crippen LogP contribution in [0.15, 0.2) is 5.03 Å². The molecule has 0 spiro atoms. The van der Waals surface area contributed by atoms with E-state index < -0.39 is 10.0 Å². The van der Waals surface area contributed by atoms with Crippen molar-refractivity contribution in [2.24, 2.45) is 11.3 Å². The van der Waals surface area contributed by atoms with Crippen molar-refractivity contribution in [2.75, 3.05) is 13.1 Å². The van der Waals surface area contributed by atoms with Crippen molar-refractivity contribution in [2.45, 2.75) is 45.7 Å². The standard InChI is InChI=1S/C13H24N4O2S/c1-5-14-8-11-9(2)16-17-12(11)20(18,19)15-7-10-6-13(10,3)4/h10,14-15H,5-8H2,1-4H3,(H,16,17). The summed E-state index contributed by atoms with van der Waals surface area (Å²) < 4.78 is 27.4. The Morgan fingerprint density at radius 1 is 1.45 bits per heavy atom. The normalized spacial score (nSPS) is 21.1. The highest BCUT2D eigenvalue weighted by Gasteiger charge is 2.45. The monoisotopic (exact) mass is 300 g/mol. The first-order valence-electron chi connectivity index (χ1n) is 7.02. The molecule has 0 aromatic carbocycles. The van der Waals surface area contributed by atoms with Crippen molar-refractivity contribution in [3.63, 3.8) is 0 Å². The molecular formula is C13H24N4O2S. The maximum Gasteiger partial charge on any atom is 0.260 e. The van der Waals surface area contributed by atoms with Gasteiger partial charge in [0.25, 0.3) is 10.0 Å². The van der Waals surface area contributed by atoms with Crippen LogP contribution in [0.1, 0.15) is 38.4 Å². The van der Waals surface area contributed by atoms with Gasteiger partial charge in [-0.3, -0.25) is 5.10 Å². The van der Waals surface area contributed by atoms with Gasteiger partial charge in [0, 0.05) is 24.3 Å². The van der Waals surface area contributed by atoms with Gasteiger partial charge in [0.15, 0.2) is 5.03 Å². The van der Waals surface area contributed by atoms with Gasteiger partial charge in [0.05, 0.1) is 0 Å². The molecule has 1 atom stereocenters. The molecule has 6 nitrogen and oxygen atoms in total. The van der Waals surface area contributed by atoms with Crippen molar-refractivity contribution < 1.29 is 8.42 Å². The molecule has 20 heavy (non-hydrogen) atoms. The van der Waals surface area contributed by atoms with E-state index in [1.807, 2.05) is 13.8 Å². The molecule has 7 heteroatoms. The lowest BCUT2D eigenvalue weighted by molar-refractivity contribution is 0.535. The molecule has 0 radical (unpaired) electrons. The zero-order chi connectivity index (χ0) is 15.0. The number of sulfonamides is 1. The molecule has 1 heterocycles. The van der Waals surface area contributed by atoms with Crippen LogP contribution >= 0.6 is 0 Å². The predicted octanol–water partition coefficient (Wildman–Crippen LogP) is 1.15. The first kappa shape index (κ1) is 15.5. The summed E-state index contributed by atoms with van der Waals surface area (Å²) in [6.07, 6.45) is 1.07. The largest absolute Gasteiger partial charge is 0.313 e. The number of aromatic nitrogens is 2. The first-order valence-corrected chi connectivity index (χ1v) is 8.50. The quantitative estimate of drug-likeness (QED) is 0.705. The molecule has 2 rings (SSSR count). The van der Waals surface area contributed by atoms with Crippen LogP contribution in [-0.2, 0) is 16.6 Å². The van der Waals surface area contributed by atoms with Crippen LogP contribution in [0.4, 0.5) is 0 Å². The molecule has 1 unspecified atom stereocenters. The van der Waals surface area contributed by atoms with Crippen molar-refractivity contribution >= 4 is 10.0 Å². The van der Waals surface area contributed by atoms with E-state index in [0.29, 0.717) is 19.0 Å². The average molecular weight is 300 g/mol. The minimum Gasteiger partial charge on any atom is -0.313 e. The molecule has 1 fully saturated rings. The summed E-state index contributed by atoms with van der Waals surface area (Å²) in [5.74, 6) is 0.425. The lowest BCUT2D eigenvalue weighted by Gasteiger charge is -2.08. The Balaban J connectivity index is 2.09. The maximum absolute atomic E-state index is 12.4. The molecule has 0 aliphatic heterocycles. The van der Waals surface area contributed by atoms with Crippen LogP contribution in [0.5, 0.6) is 0 Å². The number of nitrogens with one attached hydrogen (secondary N) is 3. The molecule has 1 aromatic heterocycles. The van der Waals surface area contributed by atoms with E-state index in [2.05, 4.69) is 34.1 Å². The minimum absolute atomic E-state index is 0.120. The molecule has 0 amide bonds. The van der Waals surface area contributed by atoms with Gasteiger partial charge in [0.1, 0.15) is 0 Å². The summed E-state index contributed by atoms with van der Waals surface area (Å²) in [5, 5.41) is 9.98. The number of rotatable bonds is 7. The number of aryl methyl sites for hydroxylation is 1. The highest BCUT2D eigenvalue weighted by molar-refractivity contribution is 7.89. The number of hydrogen-bond acceptors (Lipinski definition) is 4. The fourth-order valence-electron chi connectivity index (χ4n) is 2.31. The molecule has 1 aromatic rings. The highest BCUT2D eigenvalue weighted by atomic mass is 32.2. The predicted molar refractivity (Wildman–Crippen MR) is 77.8 cm³/mol. The number of H-pyrrole nitrogens is 1. The smallest absolute Gasteiger partial charge is 0.260 e. The van der Waals surface area contributed by atoms with E-state index in [-0.39, 0.29) is 10.4 Å². The zero-order valence-electron chi connectivity index (χ0n) is 12.6. The topological polar surface area (TPSA) is 86.9 Å². The van der Waals surface area contributed by atoms with Crippen LogP contribution in [-0.4, -0.2) is 31.7 Å². The van der Waals surface area contributed by atoms with Crippen LogP contribution in [0.2, 0.25) is 0 Å². The van der Waals surface area contributed by atoms with Gasteiger partial charge in [-0.2, -0.15) is 5.10 Å². The third-order valence-electron chi connectivity index (χ3n) is 4.08. The lowest BCUT2D eigenvalue weighted by atomic mass is 10.1. The molecule has 1 saturated carbocycles.